The number of benzene rings is 1. The number of nitrogens with two attached hydrogens (primary N) is 1. The predicted octanol–water partition coefficient (Wildman–Crippen LogP) is 3.33. The van der Waals surface area contributed by atoms with Crippen LogP contribution < -0.4 is 11.1 Å². The Balaban J connectivity index is 2.33. The van der Waals surface area contributed by atoms with E-state index >= 15 is 0 Å². The molecule has 0 bridgehead atoms. The monoisotopic (exact) mass is 312 g/mol. The lowest BCUT2D eigenvalue weighted by Crippen LogP contribution is -2.55. The van der Waals surface area contributed by atoms with Crippen molar-refractivity contribution in [1.82, 2.24) is 5.32 Å². The zero-order valence-corrected chi connectivity index (χ0v) is 13.8. The molecule has 0 aliphatic rings. The number of hydrogen-bond donors (Lipinski definition) is 2. The number of carbonyl (C=O) groups excluding carboxylic acids is 1. The van der Waals surface area contributed by atoms with Crippen LogP contribution in [0.5, 0.6) is 0 Å². The van der Waals surface area contributed by atoms with E-state index in [2.05, 4.69) is 5.32 Å². The maximum absolute atomic E-state index is 13.0. The molecule has 3 nitrogen and oxygen atoms in total. The number of hydrogen-bond acceptors (Lipinski definition) is 3. The summed E-state index contributed by atoms with van der Waals surface area (Å²) < 4.78 is 13.0. The third-order valence-corrected chi connectivity index (χ3v) is 4.37. The van der Waals surface area contributed by atoms with Gasteiger partial charge in [0.2, 0.25) is 5.91 Å². The fraction of sp³-hybridized carbons (Fsp3) is 0.562. The standard InChI is InChI=1S/C16H25FN2OS/c1-12(2)19-16(3,15(18)20)9-4-5-10-21-14-8-6-7-13(17)11-14/h6-8,11-12,19H,4-5,9-10H2,1-3H3,(H2,18,20). The molecule has 21 heavy (non-hydrogen) atoms. The van der Waals surface area contributed by atoms with Gasteiger partial charge < -0.3 is 11.1 Å². The molecule has 0 saturated carbocycles. The van der Waals surface area contributed by atoms with Crippen LogP contribution in [-0.4, -0.2) is 23.2 Å². The largest absolute Gasteiger partial charge is 0.368 e. The van der Waals surface area contributed by atoms with Crippen LogP contribution in [0.4, 0.5) is 4.39 Å². The smallest absolute Gasteiger partial charge is 0.237 e. The normalized spacial score (nSPS) is 14.1. The number of nitrogens with one attached hydrogen (secondary N) is 1. The van der Waals surface area contributed by atoms with Crippen LogP contribution in [0.15, 0.2) is 29.2 Å². The van der Waals surface area contributed by atoms with Gasteiger partial charge in [0.1, 0.15) is 5.82 Å². The second-order valence-corrected chi connectivity index (χ2v) is 6.93. The number of rotatable bonds is 9. The molecule has 0 aromatic heterocycles. The summed E-state index contributed by atoms with van der Waals surface area (Å²) in [4.78, 5) is 12.5. The van der Waals surface area contributed by atoms with Gasteiger partial charge in [0.25, 0.3) is 0 Å². The first-order valence-electron chi connectivity index (χ1n) is 7.29. The van der Waals surface area contributed by atoms with E-state index in [1.807, 2.05) is 26.8 Å². The molecule has 1 rings (SSSR count). The Morgan fingerprint density at radius 2 is 2.14 bits per heavy atom. The third-order valence-electron chi connectivity index (χ3n) is 3.29. The summed E-state index contributed by atoms with van der Waals surface area (Å²) in [6, 6.07) is 6.82. The Morgan fingerprint density at radius 1 is 1.43 bits per heavy atom. The zero-order chi connectivity index (χ0) is 15.9. The molecular formula is C16H25FN2OS. The van der Waals surface area contributed by atoms with Crippen LogP contribution in [0.25, 0.3) is 0 Å². The van der Waals surface area contributed by atoms with E-state index in [0.717, 1.165) is 23.5 Å². The number of thioether (sulfide) groups is 1. The van der Waals surface area contributed by atoms with E-state index in [1.54, 1.807) is 23.9 Å². The second kappa shape index (κ2) is 8.39. The van der Waals surface area contributed by atoms with Gasteiger partial charge in [0, 0.05) is 10.9 Å². The minimum atomic E-state index is -0.655. The van der Waals surface area contributed by atoms with Gasteiger partial charge in [-0.3, -0.25) is 4.79 Å². The van der Waals surface area contributed by atoms with Crippen molar-refractivity contribution in [1.29, 1.82) is 0 Å². The number of unbranched alkanes of at least 4 members (excludes halogenated alkanes) is 1. The summed E-state index contributed by atoms with van der Waals surface area (Å²) in [5.41, 5.74) is 4.84. The molecule has 0 saturated heterocycles. The molecular weight excluding hydrogens is 287 g/mol. The van der Waals surface area contributed by atoms with Gasteiger partial charge in [-0.25, -0.2) is 4.39 Å². The molecule has 1 aromatic carbocycles. The molecule has 0 spiro atoms. The molecule has 118 valence electrons. The summed E-state index contributed by atoms with van der Waals surface area (Å²) in [5.74, 6) is 0.386. The summed E-state index contributed by atoms with van der Waals surface area (Å²) in [5, 5.41) is 3.24. The molecule has 1 atom stereocenters. The molecule has 0 fully saturated rings. The van der Waals surface area contributed by atoms with Crippen molar-refractivity contribution in [2.45, 2.75) is 56.5 Å². The van der Waals surface area contributed by atoms with Crippen molar-refractivity contribution in [2.24, 2.45) is 5.73 Å². The Labute approximate surface area is 130 Å². The molecule has 0 aliphatic heterocycles. The van der Waals surface area contributed by atoms with E-state index in [-0.39, 0.29) is 17.8 Å². The van der Waals surface area contributed by atoms with E-state index in [0.29, 0.717) is 6.42 Å². The first-order chi connectivity index (χ1) is 9.83. The van der Waals surface area contributed by atoms with Crippen LogP contribution in [0.2, 0.25) is 0 Å². The van der Waals surface area contributed by atoms with Crippen molar-refractivity contribution in [3.05, 3.63) is 30.1 Å². The summed E-state index contributed by atoms with van der Waals surface area (Å²) >= 11 is 1.63. The molecule has 1 aromatic rings. The highest BCUT2D eigenvalue weighted by Crippen LogP contribution is 2.22. The molecule has 5 heteroatoms. The fourth-order valence-electron chi connectivity index (χ4n) is 2.23. The lowest BCUT2D eigenvalue weighted by atomic mass is 9.93. The summed E-state index contributed by atoms with van der Waals surface area (Å²) in [6.45, 7) is 5.86. The van der Waals surface area contributed by atoms with Crippen LogP contribution in [-0.2, 0) is 4.79 Å². The highest BCUT2D eigenvalue weighted by molar-refractivity contribution is 7.99. The third kappa shape index (κ3) is 6.48. The number of carbonyl (C=O) groups is 1. The van der Waals surface area contributed by atoms with Gasteiger partial charge >= 0.3 is 0 Å². The summed E-state index contributed by atoms with van der Waals surface area (Å²) in [7, 11) is 0. The predicted molar refractivity (Wildman–Crippen MR) is 86.8 cm³/mol. The van der Waals surface area contributed by atoms with Crippen LogP contribution >= 0.6 is 11.8 Å². The first-order valence-corrected chi connectivity index (χ1v) is 8.28. The van der Waals surface area contributed by atoms with Gasteiger partial charge in [-0.2, -0.15) is 0 Å². The quantitative estimate of drug-likeness (QED) is 0.543. The molecule has 0 aliphatic carbocycles. The average molecular weight is 312 g/mol. The van der Waals surface area contributed by atoms with E-state index in [1.165, 1.54) is 6.07 Å². The summed E-state index contributed by atoms with van der Waals surface area (Å²) in [6.07, 6.45) is 2.58. The van der Waals surface area contributed by atoms with Crippen LogP contribution in [0, 0.1) is 5.82 Å². The van der Waals surface area contributed by atoms with Crippen molar-refractivity contribution in [3.8, 4) is 0 Å². The maximum Gasteiger partial charge on any atom is 0.237 e. The Kier molecular flexibility index (Phi) is 7.18. The van der Waals surface area contributed by atoms with Gasteiger partial charge in [-0.05, 0) is 57.6 Å². The lowest BCUT2D eigenvalue weighted by Gasteiger charge is -2.29. The van der Waals surface area contributed by atoms with Gasteiger partial charge in [0.15, 0.2) is 0 Å². The SMILES string of the molecule is CC(C)NC(C)(CCCCSc1cccc(F)c1)C(N)=O. The number of halogens is 1. The molecule has 0 heterocycles. The Morgan fingerprint density at radius 3 is 2.71 bits per heavy atom. The second-order valence-electron chi connectivity index (χ2n) is 5.76. The van der Waals surface area contributed by atoms with Crippen molar-refractivity contribution >= 4 is 17.7 Å². The molecule has 0 radical (unpaired) electrons. The lowest BCUT2D eigenvalue weighted by molar-refractivity contribution is -0.124. The van der Waals surface area contributed by atoms with Gasteiger partial charge in [0.05, 0.1) is 5.54 Å². The highest BCUT2D eigenvalue weighted by Gasteiger charge is 2.30. The van der Waals surface area contributed by atoms with Crippen molar-refractivity contribution < 1.29 is 9.18 Å². The molecule has 1 unspecified atom stereocenters. The molecule has 1 amide bonds. The van der Waals surface area contributed by atoms with Crippen LogP contribution in [0.1, 0.15) is 40.0 Å². The molecule has 3 N–H and O–H groups in total. The minimum absolute atomic E-state index is 0.206. The average Bonchev–Trinajstić information content (AvgIpc) is 2.37. The maximum atomic E-state index is 13.0. The van der Waals surface area contributed by atoms with Crippen molar-refractivity contribution in [2.75, 3.05) is 5.75 Å². The first kappa shape index (κ1) is 18.0. The van der Waals surface area contributed by atoms with Gasteiger partial charge in [-0.15, -0.1) is 11.8 Å². The van der Waals surface area contributed by atoms with E-state index < -0.39 is 5.54 Å². The highest BCUT2D eigenvalue weighted by atomic mass is 32.2. The zero-order valence-electron chi connectivity index (χ0n) is 13.0. The van der Waals surface area contributed by atoms with E-state index in [4.69, 9.17) is 5.73 Å². The number of primary amides is 1. The van der Waals surface area contributed by atoms with E-state index in [9.17, 15) is 9.18 Å². The fourth-order valence-corrected chi connectivity index (χ4v) is 3.19. The number of amides is 1. The minimum Gasteiger partial charge on any atom is -0.368 e. The van der Waals surface area contributed by atoms with Crippen molar-refractivity contribution in [3.63, 3.8) is 0 Å². The van der Waals surface area contributed by atoms with Crippen LogP contribution in [0.3, 0.4) is 0 Å². The Hall–Kier alpha value is -1.07. The van der Waals surface area contributed by atoms with Gasteiger partial charge in [-0.1, -0.05) is 12.5 Å². The topological polar surface area (TPSA) is 55.1 Å². The Bertz CT molecular complexity index is 467.